The number of phenols is 4. The third-order valence-electron chi connectivity index (χ3n) is 21.8. The number of fused-ring (bicyclic) bond motifs is 12. The summed E-state index contributed by atoms with van der Waals surface area (Å²) < 4.78 is 0. The van der Waals surface area contributed by atoms with E-state index in [1.54, 1.807) is 42.5 Å². The van der Waals surface area contributed by atoms with Crippen LogP contribution in [0, 0.1) is 17.8 Å². The summed E-state index contributed by atoms with van der Waals surface area (Å²) in [5.41, 5.74) is 22.8. The van der Waals surface area contributed by atoms with Gasteiger partial charge in [-0.25, -0.2) is 39.9 Å². The molecule has 0 aliphatic heterocycles. The van der Waals surface area contributed by atoms with E-state index in [-0.39, 0.29) is 58.5 Å². The van der Waals surface area contributed by atoms with Crippen molar-refractivity contribution >= 4 is 46.9 Å². The Balaban J connectivity index is 0.000000128. The fraction of sp³-hybridized carbons (Fsp3) is 0.292. The highest BCUT2D eigenvalue weighted by atomic mass is 16.3. The Labute approximate surface area is 677 Å². The Morgan fingerprint density at radius 2 is 0.672 bits per heavy atom. The molecule has 0 spiro atoms. The lowest BCUT2D eigenvalue weighted by Gasteiger charge is -2.23. The second-order valence-corrected chi connectivity index (χ2v) is 31.2. The van der Waals surface area contributed by atoms with Crippen LogP contribution < -0.4 is 21.3 Å². The van der Waals surface area contributed by atoms with Gasteiger partial charge in [-0.1, -0.05) is 168 Å². The molecule has 4 aromatic heterocycles. The van der Waals surface area contributed by atoms with E-state index in [0.29, 0.717) is 67.7 Å². The molecular weight excluding hydrogens is 1450 g/mol. The van der Waals surface area contributed by atoms with Gasteiger partial charge in [0.2, 0.25) is 23.6 Å². The van der Waals surface area contributed by atoms with Crippen LogP contribution in [0.4, 0.5) is 23.3 Å². The molecule has 17 rings (SSSR count). The van der Waals surface area contributed by atoms with Crippen molar-refractivity contribution in [1.82, 2.24) is 39.9 Å². The van der Waals surface area contributed by atoms with Crippen LogP contribution >= 0.6 is 0 Å². The molecule has 1 saturated carbocycles. The van der Waals surface area contributed by atoms with E-state index in [4.69, 9.17) is 39.9 Å². The minimum absolute atomic E-state index is 0.0304. The highest BCUT2D eigenvalue weighted by molar-refractivity contribution is 5.93. The number of nitrogens with zero attached hydrogens (tertiary/aromatic N) is 8. The fourth-order valence-electron chi connectivity index (χ4n) is 15.7. The summed E-state index contributed by atoms with van der Waals surface area (Å²) in [6.45, 7) is 9.44. The second-order valence-electron chi connectivity index (χ2n) is 31.2. The van der Waals surface area contributed by atoms with E-state index < -0.39 is 0 Å². The largest absolute Gasteiger partial charge is 0.508 e. The number of carbonyl (C=O) groups excluding carboxylic acids is 4. The third kappa shape index (κ3) is 20.0. The highest BCUT2D eigenvalue weighted by Crippen LogP contribution is 2.41. The monoisotopic (exact) mass is 1550 g/mol. The number of benzene rings is 8. The van der Waals surface area contributed by atoms with Gasteiger partial charge in [0.15, 0.2) is 23.3 Å². The molecule has 1 unspecified atom stereocenters. The summed E-state index contributed by atoms with van der Waals surface area (Å²) in [5, 5.41) is 51.2. The normalized spacial score (nSPS) is 13.5. The standard InChI is InChI=1S/C27H29N3O2.2C24H25N3O2.C21H19N3O2/c31-21-12-13-22-20(17-21)11-14-23-26(22)28-24(15-18-7-3-1-4-8-18)27(29-23)30-25(32)16-19-9-5-2-6-10-19;1-15(2)12-22(29)27-24-21(13-16-6-4-3-5-7-16)25-23-19-10-9-18(28)14-17(19)8-11-20(23)26-24;1-3-15(2)24(29)27-23-21(13-16-7-5-4-6-8-16)25-22-19-11-10-18(28)14-17(19)9-12-20(22)26-23;1-13(25)22-21-19(11-14-5-3-2-4-6-14)23-20-17-9-8-16(26)12-15(17)7-10-18(20)24-21/h1,3-4,7-8,12-13,17,19,31H,2,5-6,9-11,14-16H2,(H,29,30,32);3-7,9-10,14-15,28H,8,11-13H2,1-2H3,(H,26,27,29);4-8,10-11,14-15,28H,3,9,12-13H2,1-2H3,(H,26,27,29);2-6,8-9,12,26H,7,10-11H2,1H3,(H,22,24,25). The first kappa shape index (κ1) is 79.8. The first-order chi connectivity index (χ1) is 56.3. The Morgan fingerprint density at radius 3 is 0.974 bits per heavy atom. The van der Waals surface area contributed by atoms with Crippen molar-refractivity contribution in [3.63, 3.8) is 0 Å². The van der Waals surface area contributed by atoms with Gasteiger partial charge < -0.3 is 41.7 Å². The summed E-state index contributed by atoms with van der Waals surface area (Å²) in [5.74, 6) is 3.79. The molecule has 1 fully saturated rings. The Kier molecular flexibility index (Phi) is 25.4. The molecule has 5 aliphatic rings. The number of carbonyl (C=O) groups is 4. The molecule has 20 heteroatoms. The maximum atomic E-state index is 12.9. The number of rotatable bonds is 18. The molecule has 12 aromatic rings. The molecule has 116 heavy (non-hydrogen) atoms. The van der Waals surface area contributed by atoms with Gasteiger partial charge in [-0.05, 0) is 200 Å². The summed E-state index contributed by atoms with van der Waals surface area (Å²) >= 11 is 0. The lowest BCUT2D eigenvalue weighted by Crippen LogP contribution is -2.23. The summed E-state index contributed by atoms with van der Waals surface area (Å²) in [6, 6.07) is 61.9. The molecule has 0 bridgehead atoms. The second kappa shape index (κ2) is 37.0. The Bertz CT molecular complexity index is 5570. The quantitative estimate of drug-likeness (QED) is 0.0396. The molecule has 8 aromatic carbocycles. The summed E-state index contributed by atoms with van der Waals surface area (Å²) in [4.78, 5) is 88.5. The minimum atomic E-state index is -0.158. The van der Waals surface area contributed by atoms with Gasteiger partial charge in [0.1, 0.15) is 23.0 Å². The lowest BCUT2D eigenvalue weighted by atomic mass is 9.87. The first-order valence-corrected chi connectivity index (χ1v) is 40.5. The van der Waals surface area contributed by atoms with Crippen LogP contribution in [0.1, 0.15) is 176 Å². The maximum absolute atomic E-state index is 12.9. The van der Waals surface area contributed by atoms with Gasteiger partial charge in [-0.3, -0.25) is 19.2 Å². The van der Waals surface area contributed by atoms with E-state index in [9.17, 15) is 39.6 Å². The van der Waals surface area contributed by atoms with Crippen molar-refractivity contribution in [2.75, 3.05) is 21.3 Å². The number of hydrogen-bond donors (Lipinski definition) is 8. The van der Waals surface area contributed by atoms with Crippen LogP contribution in [0.5, 0.6) is 23.0 Å². The van der Waals surface area contributed by atoms with Crippen LogP contribution in [-0.2, 0) is 96.2 Å². The zero-order chi connectivity index (χ0) is 80.8. The van der Waals surface area contributed by atoms with Crippen molar-refractivity contribution in [2.45, 2.75) is 163 Å². The minimum Gasteiger partial charge on any atom is -0.508 e. The Hall–Kier alpha value is -12.8. The van der Waals surface area contributed by atoms with Crippen molar-refractivity contribution in [1.29, 1.82) is 0 Å². The van der Waals surface area contributed by atoms with Crippen molar-refractivity contribution in [2.24, 2.45) is 17.8 Å². The van der Waals surface area contributed by atoms with E-state index in [1.165, 1.54) is 26.2 Å². The first-order valence-electron chi connectivity index (χ1n) is 40.5. The number of aromatic hydroxyl groups is 4. The number of nitrogens with one attached hydrogen (secondary N) is 4. The molecule has 590 valence electrons. The average molecular weight is 1550 g/mol. The zero-order valence-corrected chi connectivity index (χ0v) is 66.3. The highest BCUT2D eigenvalue weighted by Gasteiger charge is 2.30. The van der Waals surface area contributed by atoms with Gasteiger partial charge in [0, 0.05) is 73.6 Å². The van der Waals surface area contributed by atoms with E-state index in [2.05, 4.69) is 33.4 Å². The van der Waals surface area contributed by atoms with Crippen LogP contribution in [0.2, 0.25) is 0 Å². The average Bonchev–Trinajstić information content (AvgIpc) is 0.787. The third-order valence-corrected chi connectivity index (χ3v) is 21.8. The smallest absolute Gasteiger partial charge is 0.228 e. The van der Waals surface area contributed by atoms with Crippen LogP contribution in [-0.4, -0.2) is 83.9 Å². The predicted octanol–water partition coefficient (Wildman–Crippen LogP) is 18.0. The van der Waals surface area contributed by atoms with Gasteiger partial charge in [-0.15, -0.1) is 0 Å². The zero-order valence-electron chi connectivity index (χ0n) is 66.3. The van der Waals surface area contributed by atoms with Gasteiger partial charge >= 0.3 is 0 Å². The van der Waals surface area contributed by atoms with Crippen molar-refractivity contribution in [3.05, 3.63) is 284 Å². The number of anilines is 4. The molecule has 4 heterocycles. The molecule has 1 atom stereocenters. The van der Waals surface area contributed by atoms with Crippen LogP contribution in [0.3, 0.4) is 0 Å². The van der Waals surface area contributed by atoms with Gasteiger partial charge in [0.25, 0.3) is 0 Å². The fourth-order valence-corrected chi connectivity index (χ4v) is 15.7. The molecule has 0 saturated heterocycles. The molecule has 4 amide bonds. The lowest BCUT2D eigenvalue weighted by molar-refractivity contribution is -0.119. The Morgan fingerprint density at radius 1 is 0.371 bits per heavy atom. The van der Waals surface area contributed by atoms with Crippen molar-refractivity contribution in [3.8, 4) is 68.0 Å². The van der Waals surface area contributed by atoms with Crippen LogP contribution in [0.15, 0.2) is 194 Å². The maximum Gasteiger partial charge on any atom is 0.228 e. The topological polar surface area (TPSA) is 300 Å². The van der Waals surface area contributed by atoms with Crippen molar-refractivity contribution < 1.29 is 39.6 Å². The van der Waals surface area contributed by atoms with Crippen LogP contribution in [0.25, 0.3) is 45.0 Å². The number of hydrogen-bond acceptors (Lipinski definition) is 16. The number of phenolic OH excluding ortho intramolecular Hbond substituents is 4. The van der Waals surface area contributed by atoms with E-state index in [0.717, 1.165) is 206 Å². The number of amides is 4. The molecule has 20 nitrogen and oxygen atoms in total. The molecular formula is C96H98N12O8. The predicted molar refractivity (Wildman–Crippen MR) is 453 cm³/mol. The van der Waals surface area contributed by atoms with E-state index in [1.807, 2.05) is 167 Å². The molecule has 0 radical (unpaired) electrons. The summed E-state index contributed by atoms with van der Waals surface area (Å²) in [7, 11) is 0. The van der Waals surface area contributed by atoms with E-state index >= 15 is 0 Å². The number of aromatic nitrogens is 8. The molecule has 8 N–H and O–H groups in total. The SMILES string of the molecule is CC(=O)Nc1nc2c(nc1Cc1ccccc1)-c1ccc(O)cc1CC2.CC(C)CC(=O)Nc1nc2c(nc1Cc1ccccc1)-c1ccc(O)cc1CC2.CCC(C)C(=O)Nc1nc2c(nc1Cc1ccccc1)-c1ccc(O)cc1CC2.O=C(CC1CCCCC1)Nc1nc2c(nc1Cc1ccccc1)-c1ccc(O)cc1CC2. The summed E-state index contributed by atoms with van der Waals surface area (Å²) in [6.07, 6.45) is 16.3. The number of aryl methyl sites for hydroxylation is 8. The van der Waals surface area contributed by atoms with Gasteiger partial charge in [0.05, 0.1) is 68.3 Å². The molecule has 5 aliphatic carbocycles. The van der Waals surface area contributed by atoms with Gasteiger partial charge in [-0.2, -0.15) is 0 Å².